The molecule has 0 aliphatic carbocycles. The van der Waals surface area contributed by atoms with Crippen molar-refractivity contribution >= 4 is 6.29 Å². The van der Waals surface area contributed by atoms with Crippen molar-refractivity contribution in [1.82, 2.24) is 0 Å². The number of carbonyl (C=O) groups excluding carboxylic acids is 1. The van der Waals surface area contributed by atoms with Crippen molar-refractivity contribution < 1.29 is 4.79 Å². The van der Waals surface area contributed by atoms with Crippen LogP contribution in [0.5, 0.6) is 0 Å². The standard InChI is InChI=1S/C32H52O/c1-2-3-4-5-6-7-8-9-10-11-12-13-14-15-16-17-18-19-20-21-22-23-24-25-26-27-28-29-30-31-32-33/h3-4,6-7,9-10,12-13,15-16,18-19,32H,2,5,8,11,14,17,20-31H2,1H3/b4-3-,7-6-,10-9-,13-12-,16-15-,19-18-. The molecule has 0 N–H and O–H groups in total. The summed E-state index contributed by atoms with van der Waals surface area (Å²) in [5, 5.41) is 0. The molecular weight excluding hydrogens is 400 g/mol. The highest BCUT2D eigenvalue weighted by molar-refractivity contribution is 5.48. The van der Waals surface area contributed by atoms with E-state index in [-0.39, 0.29) is 0 Å². The Balaban J connectivity index is 3.36. The van der Waals surface area contributed by atoms with Crippen molar-refractivity contribution in [3.63, 3.8) is 0 Å². The van der Waals surface area contributed by atoms with Crippen molar-refractivity contribution in [3.05, 3.63) is 72.9 Å². The molecule has 0 bridgehead atoms. The first-order valence-electron chi connectivity index (χ1n) is 13.8. The quantitative estimate of drug-likeness (QED) is 0.0808. The molecule has 0 spiro atoms. The maximum absolute atomic E-state index is 10.2. The topological polar surface area (TPSA) is 17.1 Å². The molecule has 0 atom stereocenters. The summed E-state index contributed by atoms with van der Waals surface area (Å²) in [6.45, 7) is 2.17. The first kappa shape index (κ1) is 31.1. The van der Waals surface area contributed by atoms with Gasteiger partial charge < -0.3 is 4.79 Å². The van der Waals surface area contributed by atoms with E-state index in [1.165, 1.54) is 64.2 Å². The molecular formula is C32H52O. The molecule has 0 heterocycles. The van der Waals surface area contributed by atoms with Crippen LogP contribution in [0.25, 0.3) is 0 Å². The average Bonchev–Trinajstić information content (AvgIpc) is 2.83. The lowest BCUT2D eigenvalue weighted by molar-refractivity contribution is -0.107. The lowest BCUT2D eigenvalue weighted by atomic mass is 10.1. The van der Waals surface area contributed by atoms with E-state index in [4.69, 9.17) is 0 Å². The Bertz CT molecular complexity index is 559. The van der Waals surface area contributed by atoms with Gasteiger partial charge >= 0.3 is 0 Å². The minimum absolute atomic E-state index is 0.747. The fourth-order valence-corrected chi connectivity index (χ4v) is 3.54. The van der Waals surface area contributed by atoms with Crippen LogP contribution in [0.15, 0.2) is 72.9 Å². The van der Waals surface area contributed by atoms with Gasteiger partial charge in [0.25, 0.3) is 0 Å². The molecule has 0 amide bonds. The van der Waals surface area contributed by atoms with E-state index >= 15 is 0 Å². The molecule has 0 aromatic heterocycles. The van der Waals surface area contributed by atoms with Gasteiger partial charge in [-0.3, -0.25) is 0 Å². The number of hydrogen-bond acceptors (Lipinski definition) is 1. The van der Waals surface area contributed by atoms with E-state index in [9.17, 15) is 4.79 Å². The van der Waals surface area contributed by atoms with Crippen LogP contribution in [0.3, 0.4) is 0 Å². The summed E-state index contributed by atoms with van der Waals surface area (Å²) in [5.41, 5.74) is 0. The van der Waals surface area contributed by atoms with Gasteiger partial charge in [-0.2, -0.15) is 0 Å². The Morgan fingerprint density at radius 3 is 1.03 bits per heavy atom. The van der Waals surface area contributed by atoms with Crippen molar-refractivity contribution in [1.29, 1.82) is 0 Å². The van der Waals surface area contributed by atoms with Gasteiger partial charge in [-0.05, 0) is 57.8 Å². The van der Waals surface area contributed by atoms with Gasteiger partial charge in [0, 0.05) is 6.42 Å². The molecule has 0 aliphatic rings. The van der Waals surface area contributed by atoms with Gasteiger partial charge in [-0.25, -0.2) is 0 Å². The monoisotopic (exact) mass is 452 g/mol. The molecule has 0 unspecified atom stereocenters. The van der Waals surface area contributed by atoms with Crippen LogP contribution in [0.4, 0.5) is 0 Å². The molecule has 0 aromatic rings. The Labute approximate surface area is 206 Å². The number of carbonyl (C=O) groups is 1. The Morgan fingerprint density at radius 2 is 0.667 bits per heavy atom. The number of hydrogen-bond donors (Lipinski definition) is 0. The van der Waals surface area contributed by atoms with E-state index in [0.717, 1.165) is 57.7 Å². The van der Waals surface area contributed by atoms with E-state index in [1.807, 2.05) is 0 Å². The fraction of sp³-hybridized carbons (Fsp3) is 0.594. The lowest BCUT2D eigenvalue weighted by Crippen LogP contribution is -1.82. The predicted molar refractivity (Wildman–Crippen MR) is 150 cm³/mol. The summed E-state index contributed by atoms with van der Waals surface area (Å²) < 4.78 is 0. The van der Waals surface area contributed by atoms with Gasteiger partial charge in [0.15, 0.2) is 0 Å². The van der Waals surface area contributed by atoms with Gasteiger partial charge in [0.2, 0.25) is 0 Å². The first-order chi connectivity index (χ1) is 16.4. The van der Waals surface area contributed by atoms with Gasteiger partial charge in [0.05, 0.1) is 0 Å². The Kier molecular flexibility index (Phi) is 28.4. The van der Waals surface area contributed by atoms with Gasteiger partial charge in [-0.15, -0.1) is 0 Å². The van der Waals surface area contributed by atoms with Crippen LogP contribution in [-0.4, -0.2) is 6.29 Å². The third-order valence-electron chi connectivity index (χ3n) is 5.54. The average molecular weight is 453 g/mol. The highest BCUT2D eigenvalue weighted by Crippen LogP contribution is 2.12. The molecule has 33 heavy (non-hydrogen) atoms. The van der Waals surface area contributed by atoms with Crippen LogP contribution in [0, 0.1) is 0 Å². The molecule has 186 valence electrons. The maximum Gasteiger partial charge on any atom is 0.119 e. The predicted octanol–water partition coefficient (Wildman–Crippen LogP) is 10.6. The van der Waals surface area contributed by atoms with Gasteiger partial charge in [0.1, 0.15) is 6.29 Å². The minimum Gasteiger partial charge on any atom is -0.303 e. The lowest BCUT2D eigenvalue weighted by Gasteiger charge is -2.01. The van der Waals surface area contributed by atoms with Crippen LogP contribution < -0.4 is 0 Å². The fourth-order valence-electron chi connectivity index (χ4n) is 3.54. The molecule has 0 radical (unpaired) electrons. The third-order valence-corrected chi connectivity index (χ3v) is 5.54. The first-order valence-corrected chi connectivity index (χ1v) is 13.8. The second-order valence-electron chi connectivity index (χ2n) is 8.69. The highest BCUT2D eigenvalue weighted by atomic mass is 16.1. The van der Waals surface area contributed by atoms with Crippen LogP contribution in [0.2, 0.25) is 0 Å². The molecule has 0 rings (SSSR count). The second-order valence-corrected chi connectivity index (χ2v) is 8.69. The zero-order valence-electron chi connectivity index (χ0n) is 21.6. The second kappa shape index (κ2) is 30.1. The molecule has 0 saturated carbocycles. The van der Waals surface area contributed by atoms with Crippen molar-refractivity contribution in [3.8, 4) is 0 Å². The van der Waals surface area contributed by atoms with Crippen LogP contribution >= 0.6 is 0 Å². The van der Waals surface area contributed by atoms with E-state index in [1.54, 1.807) is 0 Å². The normalized spacial score (nSPS) is 12.8. The van der Waals surface area contributed by atoms with E-state index < -0.39 is 0 Å². The van der Waals surface area contributed by atoms with Crippen molar-refractivity contribution in [2.45, 2.75) is 122 Å². The summed E-state index contributed by atoms with van der Waals surface area (Å²) in [6, 6.07) is 0. The molecule has 0 saturated heterocycles. The smallest absolute Gasteiger partial charge is 0.119 e. The Hall–Kier alpha value is -1.89. The van der Waals surface area contributed by atoms with Gasteiger partial charge in [-0.1, -0.05) is 131 Å². The summed E-state index contributed by atoms with van der Waals surface area (Å²) in [7, 11) is 0. The molecule has 1 nitrogen and oxygen atoms in total. The SMILES string of the molecule is CC/C=C\C/C=C\C/C=C\C/C=C\C/C=C\C/C=C\CCCCCCCCCCCCC=O. The molecule has 0 aliphatic heterocycles. The summed E-state index contributed by atoms with van der Waals surface area (Å²) in [5.74, 6) is 0. The zero-order chi connectivity index (χ0) is 23.9. The summed E-state index contributed by atoms with van der Waals surface area (Å²) in [6.07, 6.45) is 49.6. The summed E-state index contributed by atoms with van der Waals surface area (Å²) >= 11 is 0. The number of rotatable bonds is 24. The van der Waals surface area contributed by atoms with Crippen molar-refractivity contribution in [2.75, 3.05) is 0 Å². The largest absolute Gasteiger partial charge is 0.303 e. The highest BCUT2D eigenvalue weighted by Gasteiger charge is 1.93. The van der Waals surface area contributed by atoms with Crippen LogP contribution in [-0.2, 0) is 4.79 Å². The number of aldehydes is 1. The molecule has 0 fully saturated rings. The van der Waals surface area contributed by atoms with E-state index in [2.05, 4.69) is 79.8 Å². The Morgan fingerprint density at radius 1 is 0.364 bits per heavy atom. The number of allylic oxidation sites excluding steroid dienone is 12. The maximum atomic E-state index is 10.2. The van der Waals surface area contributed by atoms with Crippen LogP contribution in [0.1, 0.15) is 122 Å². The summed E-state index contributed by atoms with van der Waals surface area (Å²) in [4.78, 5) is 10.2. The molecule has 0 aromatic carbocycles. The number of unbranched alkanes of at least 4 members (excludes halogenated alkanes) is 11. The van der Waals surface area contributed by atoms with E-state index in [0.29, 0.717) is 0 Å². The zero-order valence-corrected chi connectivity index (χ0v) is 21.6. The third kappa shape index (κ3) is 30.1. The molecule has 1 heteroatoms. The minimum atomic E-state index is 0.747. The van der Waals surface area contributed by atoms with Crippen molar-refractivity contribution in [2.24, 2.45) is 0 Å².